The zero-order chi connectivity index (χ0) is 13.8. The van der Waals surface area contributed by atoms with Gasteiger partial charge in [0, 0.05) is 19.0 Å². The van der Waals surface area contributed by atoms with Gasteiger partial charge in [-0.2, -0.15) is 0 Å². The second-order valence-electron chi connectivity index (χ2n) is 5.28. The lowest BCUT2D eigenvalue weighted by Crippen LogP contribution is -2.47. The smallest absolute Gasteiger partial charge is 0.309 e. The summed E-state index contributed by atoms with van der Waals surface area (Å²) in [7, 11) is 0. The lowest BCUT2D eigenvalue weighted by Gasteiger charge is -2.39. The largest absolute Gasteiger partial charge is 0.481 e. The first kappa shape index (κ1) is 15.0. The van der Waals surface area contributed by atoms with E-state index in [1.165, 1.54) is 0 Å². The lowest BCUT2D eigenvalue weighted by atomic mass is 9.76. The molecule has 0 unspecified atom stereocenters. The highest BCUT2D eigenvalue weighted by molar-refractivity contribution is 5.80. The number of rotatable bonds is 5. The van der Waals surface area contributed by atoms with Crippen molar-refractivity contribution in [3.63, 3.8) is 0 Å². The third-order valence-corrected chi connectivity index (χ3v) is 4.50. The van der Waals surface area contributed by atoms with E-state index >= 15 is 0 Å². The van der Waals surface area contributed by atoms with Gasteiger partial charge in [0.25, 0.3) is 0 Å². The van der Waals surface area contributed by atoms with Crippen LogP contribution in [-0.2, 0) is 9.59 Å². The maximum absolute atomic E-state index is 12.2. The Bertz CT molecular complexity index is 302. The van der Waals surface area contributed by atoms with Crippen LogP contribution >= 0.6 is 0 Å². The Morgan fingerprint density at radius 3 is 2.00 bits per heavy atom. The van der Waals surface area contributed by atoms with Crippen molar-refractivity contribution in [2.45, 2.75) is 52.9 Å². The minimum atomic E-state index is -0.709. The number of carbonyl (C=O) groups is 2. The van der Waals surface area contributed by atoms with Crippen LogP contribution in [0.2, 0.25) is 0 Å². The fourth-order valence-corrected chi connectivity index (χ4v) is 2.77. The monoisotopic (exact) mass is 255 g/mol. The van der Waals surface area contributed by atoms with Crippen LogP contribution in [0.25, 0.3) is 0 Å². The Labute approximate surface area is 109 Å². The molecule has 0 radical (unpaired) electrons. The second-order valence-corrected chi connectivity index (χ2v) is 5.28. The molecule has 1 fully saturated rings. The van der Waals surface area contributed by atoms with Crippen molar-refractivity contribution in [3.05, 3.63) is 0 Å². The third-order valence-electron chi connectivity index (χ3n) is 4.50. The molecule has 104 valence electrons. The molecule has 0 spiro atoms. The van der Waals surface area contributed by atoms with Gasteiger partial charge in [0.1, 0.15) is 0 Å². The van der Waals surface area contributed by atoms with E-state index in [9.17, 15) is 14.7 Å². The number of carbonyl (C=O) groups excluding carboxylic acids is 1. The zero-order valence-electron chi connectivity index (χ0n) is 11.7. The summed E-state index contributed by atoms with van der Waals surface area (Å²) >= 11 is 0. The minimum absolute atomic E-state index is 0.101. The molecule has 1 heterocycles. The van der Waals surface area contributed by atoms with Crippen LogP contribution in [0.4, 0.5) is 0 Å². The van der Waals surface area contributed by atoms with E-state index in [2.05, 4.69) is 0 Å². The summed E-state index contributed by atoms with van der Waals surface area (Å²) in [6.45, 7) is 7.17. The maximum atomic E-state index is 12.2. The lowest BCUT2D eigenvalue weighted by molar-refractivity contribution is -0.155. The molecule has 18 heavy (non-hydrogen) atoms. The average molecular weight is 255 g/mol. The van der Waals surface area contributed by atoms with E-state index in [1.807, 2.05) is 25.7 Å². The summed E-state index contributed by atoms with van der Waals surface area (Å²) in [5, 5.41) is 9.31. The van der Waals surface area contributed by atoms with Crippen LogP contribution in [0.5, 0.6) is 0 Å². The molecule has 0 aromatic heterocycles. The topological polar surface area (TPSA) is 57.6 Å². The highest BCUT2D eigenvalue weighted by atomic mass is 16.4. The number of amides is 1. The number of likely N-dealkylation sites (tertiary alicyclic amines) is 1. The number of hydrogen-bond donors (Lipinski definition) is 1. The zero-order valence-corrected chi connectivity index (χ0v) is 11.7. The highest BCUT2D eigenvalue weighted by Gasteiger charge is 2.41. The Balaban J connectivity index is 2.63. The summed E-state index contributed by atoms with van der Waals surface area (Å²) in [5.41, 5.74) is -0.606. The molecule has 1 aliphatic heterocycles. The van der Waals surface area contributed by atoms with Crippen LogP contribution in [0.15, 0.2) is 0 Å². The van der Waals surface area contributed by atoms with Crippen molar-refractivity contribution in [1.29, 1.82) is 0 Å². The molecule has 1 aliphatic rings. The molecule has 1 amide bonds. The molecule has 0 saturated carbocycles. The van der Waals surface area contributed by atoms with E-state index in [4.69, 9.17) is 0 Å². The molecule has 4 heteroatoms. The molecular weight excluding hydrogens is 230 g/mol. The van der Waals surface area contributed by atoms with Crippen molar-refractivity contribution in [2.75, 3.05) is 13.1 Å². The number of nitrogens with zero attached hydrogens (tertiary/aromatic N) is 1. The number of carboxylic acids is 1. The van der Waals surface area contributed by atoms with E-state index in [-0.39, 0.29) is 11.8 Å². The van der Waals surface area contributed by atoms with Gasteiger partial charge in [-0.1, -0.05) is 20.8 Å². The van der Waals surface area contributed by atoms with Gasteiger partial charge >= 0.3 is 5.97 Å². The van der Waals surface area contributed by atoms with Crippen LogP contribution < -0.4 is 0 Å². The summed E-state index contributed by atoms with van der Waals surface area (Å²) < 4.78 is 0. The number of piperidine rings is 1. The summed E-state index contributed by atoms with van der Waals surface area (Å²) in [4.78, 5) is 25.4. The number of hydrogen-bond acceptors (Lipinski definition) is 2. The quantitative estimate of drug-likeness (QED) is 0.821. The molecular formula is C14H25NO3. The predicted molar refractivity (Wildman–Crippen MR) is 70.2 cm³/mol. The molecule has 1 rings (SSSR count). The number of carboxylic acid groups (broad SMARTS) is 1. The van der Waals surface area contributed by atoms with Crippen LogP contribution in [0, 0.1) is 11.3 Å². The normalized spacial score (nSPS) is 19.0. The minimum Gasteiger partial charge on any atom is -0.481 e. The van der Waals surface area contributed by atoms with E-state index in [0.29, 0.717) is 32.4 Å². The van der Waals surface area contributed by atoms with Gasteiger partial charge in [0.05, 0.1) is 5.41 Å². The maximum Gasteiger partial charge on any atom is 0.309 e. The standard InChI is InChI=1S/C14H25NO3/c1-4-11(5-2)12(16)15-9-7-14(6-3,8-10-15)13(17)18/h11H,4-10H2,1-3H3,(H,17,18). The molecule has 0 aromatic rings. The first-order valence-corrected chi connectivity index (χ1v) is 7.03. The van der Waals surface area contributed by atoms with E-state index in [0.717, 1.165) is 12.8 Å². The first-order chi connectivity index (χ1) is 8.50. The SMILES string of the molecule is CCC(CC)C(=O)N1CCC(CC)(C(=O)O)CC1. The summed E-state index contributed by atoms with van der Waals surface area (Å²) in [6, 6.07) is 0. The fraction of sp³-hybridized carbons (Fsp3) is 0.857. The third kappa shape index (κ3) is 2.85. The van der Waals surface area contributed by atoms with Crippen molar-refractivity contribution < 1.29 is 14.7 Å². The van der Waals surface area contributed by atoms with Gasteiger partial charge < -0.3 is 10.0 Å². The van der Waals surface area contributed by atoms with E-state index < -0.39 is 11.4 Å². The molecule has 1 N–H and O–H groups in total. The van der Waals surface area contributed by atoms with Crippen molar-refractivity contribution in [3.8, 4) is 0 Å². The van der Waals surface area contributed by atoms with Crippen LogP contribution in [0.1, 0.15) is 52.9 Å². The first-order valence-electron chi connectivity index (χ1n) is 7.03. The fourth-order valence-electron chi connectivity index (χ4n) is 2.77. The van der Waals surface area contributed by atoms with Gasteiger partial charge in [-0.15, -0.1) is 0 Å². The van der Waals surface area contributed by atoms with Gasteiger partial charge in [0.2, 0.25) is 5.91 Å². The average Bonchev–Trinajstić information content (AvgIpc) is 2.39. The molecule has 0 aromatic carbocycles. The summed E-state index contributed by atoms with van der Waals surface area (Å²) in [5.74, 6) is -0.404. The van der Waals surface area contributed by atoms with Crippen LogP contribution in [0.3, 0.4) is 0 Å². The molecule has 0 bridgehead atoms. The van der Waals surface area contributed by atoms with E-state index in [1.54, 1.807) is 0 Å². The van der Waals surface area contributed by atoms with Gasteiger partial charge in [-0.25, -0.2) is 0 Å². The Kier molecular flexibility index (Phi) is 5.17. The molecule has 0 atom stereocenters. The molecule has 1 saturated heterocycles. The van der Waals surface area contributed by atoms with Gasteiger partial charge in [-0.3, -0.25) is 9.59 Å². The Morgan fingerprint density at radius 1 is 1.17 bits per heavy atom. The van der Waals surface area contributed by atoms with Crippen molar-refractivity contribution in [2.24, 2.45) is 11.3 Å². The Hall–Kier alpha value is -1.06. The van der Waals surface area contributed by atoms with Crippen molar-refractivity contribution in [1.82, 2.24) is 4.90 Å². The molecule has 0 aliphatic carbocycles. The van der Waals surface area contributed by atoms with Gasteiger partial charge in [0.15, 0.2) is 0 Å². The van der Waals surface area contributed by atoms with Crippen LogP contribution in [-0.4, -0.2) is 35.0 Å². The number of aliphatic carboxylic acids is 1. The second kappa shape index (κ2) is 6.21. The highest BCUT2D eigenvalue weighted by Crippen LogP contribution is 2.35. The predicted octanol–water partition coefficient (Wildman–Crippen LogP) is 2.53. The van der Waals surface area contributed by atoms with Crippen molar-refractivity contribution >= 4 is 11.9 Å². The summed E-state index contributed by atoms with van der Waals surface area (Å²) in [6.07, 6.45) is 3.55. The molecule has 4 nitrogen and oxygen atoms in total. The van der Waals surface area contributed by atoms with Gasteiger partial charge in [-0.05, 0) is 32.1 Å². The Morgan fingerprint density at radius 2 is 1.67 bits per heavy atom.